The quantitative estimate of drug-likeness (QED) is 0.237. The van der Waals surface area contributed by atoms with E-state index in [0.717, 1.165) is 0 Å². The number of nitro benzene ring substituents is 1. The molecule has 0 saturated carbocycles. The zero-order valence-corrected chi connectivity index (χ0v) is 14.9. The third kappa shape index (κ3) is 6.84. The molecule has 0 saturated heterocycles. The number of benzene rings is 1. The number of esters is 1. The molecule has 0 heterocycles. The number of carbonyl (C=O) groups excluding carboxylic acids is 3. The summed E-state index contributed by atoms with van der Waals surface area (Å²) >= 11 is 0. The molecule has 8 nitrogen and oxygen atoms in total. The molecule has 0 radical (unpaired) electrons. The number of nitrogens with zero attached hydrogens (tertiary/aromatic N) is 1. The number of amides is 1. The summed E-state index contributed by atoms with van der Waals surface area (Å²) in [5.41, 5.74) is 0.381. The number of nitrogens with one attached hydrogen (secondary N) is 1. The Hall–Kier alpha value is -3.03. The van der Waals surface area contributed by atoms with Gasteiger partial charge in [0.25, 0.3) is 5.69 Å². The van der Waals surface area contributed by atoms with E-state index in [1.165, 1.54) is 30.4 Å². The van der Waals surface area contributed by atoms with Gasteiger partial charge in [0.1, 0.15) is 6.04 Å². The number of ketones is 1. The first kappa shape index (κ1) is 21.0. The fourth-order valence-corrected chi connectivity index (χ4v) is 2.10. The summed E-state index contributed by atoms with van der Waals surface area (Å²) in [4.78, 5) is 45.9. The molecule has 1 N–H and O–H groups in total. The third-order valence-corrected chi connectivity index (χ3v) is 3.40. The predicted octanol–water partition coefficient (Wildman–Crippen LogP) is 2.27. The monoisotopic (exact) mass is 362 g/mol. The standard InChI is InChI=1S/C18H22N2O6/c1-4-26-18(23)17(12(2)3)19-16(22)11-15(21)9-8-13-6-5-7-14(10-13)20(24)25/h5-10,12,17H,4,11H2,1-3H3,(H,19,22)/t17-/m0/s1. The van der Waals surface area contributed by atoms with Crippen LogP contribution < -0.4 is 5.32 Å². The zero-order valence-electron chi connectivity index (χ0n) is 14.9. The van der Waals surface area contributed by atoms with E-state index >= 15 is 0 Å². The molecule has 0 aromatic heterocycles. The molecule has 0 aliphatic heterocycles. The molecule has 26 heavy (non-hydrogen) atoms. The van der Waals surface area contributed by atoms with E-state index in [-0.39, 0.29) is 18.2 Å². The summed E-state index contributed by atoms with van der Waals surface area (Å²) in [6.07, 6.45) is 2.13. The van der Waals surface area contributed by atoms with E-state index in [1.807, 2.05) is 0 Å². The second-order valence-electron chi connectivity index (χ2n) is 5.87. The minimum absolute atomic E-state index is 0.0912. The first-order valence-corrected chi connectivity index (χ1v) is 8.16. The normalized spacial score (nSPS) is 12.0. The van der Waals surface area contributed by atoms with E-state index in [1.54, 1.807) is 26.8 Å². The van der Waals surface area contributed by atoms with Crippen LogP contribution in [0.1, 0.15) is 32.8 Å². The molecule has 0 aliphatic carbocycles. The van der Waals surface area contributed by atoms with Gasteiger partial charge in [-0.15, -0.1) is 0 Å². The average Bonchev–Trinajstić information content (AvgIpc) is 2.58. The first-order valence-electron chi connectivity index (χ1n) is 8.16. The Balaban J connectivity index is 2.66. The maximum Gasteiger partial charge on any atom is 0.328 e. The second-order valence-corrected chi connectivity index (χ2v) is 5.87. The lowest BCUT2D eigenvalue weighted by molar-refractivity contribution is -0.384. The maximum absolute atomic E-state index is 12.0. The molecule has 1 aromatic rings. The van der Waals surface area contributed by atoms with Crippen LogP contribution in [-0.4, -0.2) is 35.2 Å². The smallest absolute Gasteiger partial charge is 0.328 e. The van der Waals surface area contributed by atoms with E-state index < -0.39 is 35.0 Å². The second kappa shape index (κ2) is 10.1. The van der Waals surface area contributed by atoms with Gasteiger partial charge in [-0.05, 0) is 24.5 Å². The van der Waals surface area contributed by atoms with Crippen LogP contribution >= 0.6 is 0 Å². The van der Waals surface area contributed by atoms with E-state index in [9.17, 15) is 24.5 Å². The highest BCUT2D eigenvalue weighted by Gasteiger charge is 2.25. The largest absolute Gasteiger partial charge is 0.464 e. The maximum atomic E-state index is 12.0. The van der Waals surface area contributed by atoms with E-state index in [4.69, 9.17) is 4.74 Å². The van der Waals surface area contributed by atoms with Crippen molar-refractivity contribution in [1.82, 2.24) is 5.32 Å². The Morgan fingerprint density at radius 3 is 2.58 bits per heavy atom. The van der Waals surface area contributed by atoms with Crippen molar-refractivity contribution in [3.05, 3.63) is 46.0 Å². The Labute approximate surface area is 151 Å². The van der Waals surface area contributed by atoms with Crippen molar-refractivity contribution in [3.8, 4) is 0 Å². The molecule has 1 amide bonds. The van der Waals surface area contributed by atoms with Gasteiger partial charge in [-0.1, -0.05) is 32.1 Å². The Morgan fingerprint density at radius 2 is 2.00 bits per heavy atom. The summed E-state index contributed by atoms with van der Waals surface area (Å²) < 4.78 is 4.90. The lowest BCUT2D eigenvalue weighted by Crippen LogP contribution is -2.45. The SMILES string of the molecule is CCOC(=O)[C@@H](NC(=O)CC(=O)C=Cc1cccc([N+](=O)[O-])c1)C(C)C. The van der Waals surface area contributed by atoms with Crippen LogP contribution in [-0.2, 0) is 19.1 Å². The average molecular weight is 362 g/mol. The highest BCUT2D eigenvalue weighted by Crippen LogP contribution is 2.14. The molecule has 1 aromatic carbocycles. The van der Waals surface area contributed by atoms with Gasteiger partial charge in [0, 0.05) is 12.1 Å². The van der Waals surface area contributed by atoms with Crippen LogP contribution in [0.5, 0.6) is 0 Å². The van der Waals surface area contributed by atoms with Crippen molar-refractivity contribution >= 4 is 29.4 Å². The summed E-state index contributed by atoms with van der Waals surface area (Å²) in [5.74, 6) is -1.81. The van der Waals surface area contributed by atoms with Crippen LogP contribution in [0.2, 0.25) is 0 Å². The molecule has 8 heteroatoms. The minimum Gasteiger partial charge on any atom is -0.464 e. The lowest BCUT2D eigenvalue weighted by Gasteiger charge is -2.20. The molecule has 0 bridgehead atoms. The number of non-ortho nitro benzene ring substituents is 1. The highest BCUT2D eigenvalue weighted by atomic mass is 16.6. The van der Waals surface area contributed by atoms with Crippen molar-refractivity contribution in [1.29, 1.82) is 0 Å². The fourth-order valence-electron chi connectivity index (χ4n) is 2.10. The zero-order chi connectivity index (χ0) is 19.7. The van der Waals surface area contributed by atoms with Gasteiger partial charge >= 0.3 is 5.97 Å². The molecular weight excluding hydrogens is 340 g/mol. The van der Waals surface area contributed by atoms with Gasteiger partial charge < -0.3 is 10.1 Å². The number of carbonyl (C=O) groups is 3. The molecule has 1 atom stereocenters. The van der Waals surface area contributed by atoms with Crippen LogP contribution in [0.3, 0.4) is 0 Å². The molecule has 0 unspecified atom stereocenters. The summed E-state index contributed by atoms with van der Waals surface area (Å²) in [7, 11) is 0. The van der Waals surface area contributed by atoms with E-state index in [2.05, 4.69) is 5.32 Å². The number of hydrogen-bond donors (Lipinski definition) is 1. The van der Waals surface area contributed by atoms with Gasteiger partial charge in [0.15, 0.2) is 5.78 Å². The van der Waals surface area contributed by atoms with Crippen molar-refractivity contribution in [3.63, 3.8) is 0 Å². The topological polar surface area (TPSA) is 116 Å². The number of ether oxygens (including phenoxy) is 1. The minimum atomic E-state index is -0.823. The van der Waals surface area contributed by atoms with Crippen molar-refractivity contribution in [2.45, 2.75) is 33.2 Å². The highest BCUT2D eigenvalue weighted by molar-refractivity contribution is 6.06. The van der Waals surface area contributed by atoms with Crippen molar-refractivity contribution in [2.75, 3.05) is 6.61 Å². The van der Waals surface area contributed by atoms with Crippen LogP contribution in [0.15, 0.2) is 30.3 Å². The van der Waals surface area contributed by atoms with Gasteiger partial charge in [0.05, 0.1) is 18.0 Å². The third-order valence-electron chi connectivity index (χ3n) is 3.40. The summed E-state index contributed by atoms with van der Waals surface area (Å²) in [6.45, 7) is 5.37. The van der Waals surface area contributed by atoms with Gasteiger partial charge in [0.2, 0.25) is 5.91 Å². The van der Waals surface area contributed by atoms with Crippen LogP contribution in [0.4, 0.5) is 5.69 Å². The molecule has 1 rings (SSSR count). The van der Waals surface area contributed by atoms with Crippen molar-refractivity contribution in [2.24, 2.45) is 5.92 Å². The van der Waals surface area contributed by atoms with Gasteiger partial charge in [-0.3, -0.25) is 19.7 Å². The first-order chi connectivity index (χ1) is 12.2. The number of hydrogen-bond acceptors (Lipinski definition) is 6. The fraction of sp³-hybridized carbons (Fsp3) is 0.389. The molecule has 0 spiro atoms. The number of nitro groups is 1. The lowest BCUT2D eigenvalue weighted by atomic mass is 10.0. The Bertz CT molecular complexity index is 711. The predicted molar refractivity (Wildman–Crippen MR) is 95.2 cm³/mol. The Kier molecular flexibility index (Phi) is 8.14. The molecule has 0 fully saturated rings. The van der Waals surface area contributed by atoms with Crippen molar-refractivity contribution < 1.29 is 24.0 Å². The summed E-state index contributed by atoms with van der Waals surface area (Å²) in [5, 5.41) is 13.2. The summed E-state index contributed by atoms with van der Waals surface area (Å²) in [6, 6.07) is 4.94. The van der Waals surface area contributed by atoms with Crippen LogP contribution in [0.25, 0.3) is 6.08 Å². The van der Waals surface area contributed by atoms with Crippen LogP contribution in [0, 0.1) is 16.0 Å². The van der Waals surface area contributed by atoms with Gasteiger partial charge in [-0.25, -0.2) is 4.79 Å². The van der Waals surface area contributed by atoms with E-state index in [0.29, 0.717) is 5.56 Å². The molecular formula is C18H22N2O6. The number of rotatable bonds is 9. The Morgan fingerprint density at radius 1 is 1.31 bits per heavy atom. The molecule has 0 aliphatic rings. The van der Waals surface area contributed by atoms with Gasteiger partial charge in [-0.2, -0.15) is 0 Å². The number of allylic oxidation sites excluding steroid dienone is 1. The molecule has 140 valence electrons.